The van der Waals surface area contributed by atoms with E-state index >= 15 is 0 Å². The third kappa shape index (κ3) is 5.76. The van der Waals surface area contributed by atoms with Crippen molar-refractivity contribution in [2.24, 2.45) is 0 Å². The van der Waals surface area contributed by atoms with Crippen molar-refractivity contribution < 1.29 is 13.2 Å². The van der Waals surface area contributed by atoms with Gasteiger partial charge in [-0.25, -0.2) is 13.4 Å². The summed E-state index contributed by atoms with van der Waals surface area (Å²) < 4.78 is 31.9. The average molecular weight is 568 g/mol. The molecular formula is C29H34ClN5O3S. The third-order valence-electron chi connectivity index (χ3n) is 7.12. The maximum absolute atomic E-state index is 12.9. The maximum atomic E-state index is 12.9. The molecule has 2 aliphatic rings. The van der Waals surface area contributed by atoms with Crippen molar-refractivity contribution in [3.63, 3.8) is 0 Å². The van der Waals surface area contributed by atoms with Crippen LogP contribution < -0.4 is 20.7 Å². The average Bonchev–Trinajstić information content (AvgIpc) is 2.94. The molecule has 3 heterocycles. The number of sulfone groups is 1. The van der Waals surface area contributed by atoms with Crippen LogP contribution in [0.1, 0.15) is 48.9 Å². The summed E-state index contributed by atoms with van der Waals surface area (Å²) in [5, 5.41) is 9.81. The number of aromatic nitrogens is 2. The van der Waals surface area contributed by atoms with Crippen LogP contribution in [0, 0.1) is 6.92 Å². The fourth-order valence-electron chi connectivity index (χ4n) is 5.05. The van der Waals surface area contributed by atoms with Crippen LogP contribution in [0.3, 0.4) is 0 Å². The topological polar surface area (TPSA) is 105 Å². The first-order valence-electron chi connectivity index (χ1n) is 13.3. The van der Waals surface area contributed by atoms with E-state index in [0.29, 0.717) is 33.9 Å². The zero-order valence-electron chi connectivity index (χ0n) is 22.5. The van der Waals surface area contributed by atoms with Crippen molar-refractivity contribution in [2.75, 3.05) is 30.3 Å². The summed E-state index contributed by atoms with van der Waals surface area (Å²) in [6.45, 7) is 8.25. The fourth-order valence-corrected chi connectivity index (χ4v) is 6.49. The number of rotatable bonds is 8. The second-order valence-corrected chi connectivity index (χ2v) is 13.0. The van der Waals surface area contributed by atoms with Crippen molar-refractivity contribution in [2.45, 2.75) is 56.7 Å². The van der Waals surface area contributed by atoms with Gasteiger partial charge in [0.2, 0.25) is 5.95 Å². The van der Waals surface area contributed by atoms with Gasteiger partial charge in [0, 0.05) is 29.9 Å². The lowest BCUT2D eigenvalue weighted by Crippen LogP contribution is -2.21. The van der Waals surface area contributed by atoms with Crippen molar-refractivity contribution >= 4 is 44.5 Å². The van der Waals surface area contributed by atoms with E-state index in [4.69, 9.17) is 16.3 Å². The molecule has 2 aromatic carbocycles. The molecule has 0 amide bonds. The number of benzene rings is 2. The zero-order chi connectivity index (χ0) is 27.6. The van der Waals surface area contributed by atoms with Crippen LogP contribution >= 0.6 is 11.6 Å². The Hall–Kier alpha value is -3.14. The smallest absolute Gasteiger partial charge is 0.229 e. The van der Waals surface area contributed by atoms with Gasteiger partial charge in [0.05, 0.1) is 22.9 Å². The van der Waals surface area contributed by atoms with E-state index in [9.17, 15) is 8.42 Å². The molecule has 8 nitrogen and oxygen atoms in total. The number of ether oxygens (including phenoxy) is 1. The molecule has 0 bridgehead atoms. The van der Waals surface area contributed by atoms with Gasteiger partial charge in [-0.1, -0.05) is 35.9 Å². The molecular weight excluding hydrogens is 534 g/mol. The van der Waals surface area contributed by atoms with Gasteiger partial charge in [-0.15, -0.1) is 0 Å². The molecule has 2 aliphatic heterocycles. The number of aryl methyl sites for hydroxylation is 1. The van der Waals surface area contributed by atoms with Crippen molar-refractivity contribution in [1.82, 2.24) is 15.3 Å². The highest BCUT2D eigenvalue weighted by molar-refractivity contribution is 7.92. The van der Waals surface area contributed by atoms with E-state index in [2.05, 4.69) is 45.0 Å². The summed E-state index contributed by atoms with van der Waals surface area (Å²) in [5.74, 6) is 1.77. The molecule has 3 aromatic rings. The summed E-state index contributed by atoms with van der Waals surface area (Å²) in [7, 11) is -3.43. The number of halogens is 1. The molecule has 206 valence electrons. The van der Waals surface area contributed by atoms with E-state index < -0.39 is 15.1 Å². The molecule has 10 heteroatoms. The van der Waals surface area contributed by atoms with Crippen LogP contribution in [-0.4, -0.2) is 43.3 Å². The van der Waals surface area contributed by atoms with Crippen LogP contribution in [0.2, 0.25) is 5.02 Å². The van der Waals surface area contributed by atoms with Gasteiger partial charge >= 0.3 is 0 Å². The highest BCUT2D eigenvalue weighted by atomic mass is 35.5. The lowest BCUT2D eigenvalue weighted by Gasteiger charge is -2.27. The fraction of sp³-hybridized carbons (Fsp3) is 0.379. The number of nitrogens with zero attached hydrogens (tertiary/aromatic N) is 2. The Labute approximate surface area is 235 Å². The summed E-state index contributed by atoms with van der Waals surface area (Å²) in [6.07, 6.45) is 6.61. The lowest BCUT2D eigenvalue weighted by atomic mass is 9.89. The van der Waals surface area contributed by atoms with E-state index in [0.717, 1.165) is 54.9 Å². The van der Waals surface area contributed by atoms with Crippen molar-refractivity contribution in [3.05, 3.63) is 69.9 Å². The third-order valence-corrected chi connectivity index (χ3v) is 9.65. The van der Waals surface area contributed by atoms with Crippen molar-refractivity contribution in [1.29, 1.82) is 0 Å². The van der Waals surface area contributed by atoms with Gasteiger partial charge in [0.1, 0.15) is 10.8 Å². The highest BCUT2D eigenvalue weighted by Crippen LogP contribution is 2.42. The van der Waals surface area contributed by atoms with E-state index in [1.807, 2.05) is 6.07 Å². The summed E-state index contributed by atoms with van der Waals surface area (Å²) in [6, 6.07) is 9.13. The van der Waals surface area contributed by atoms with E-state index in [1.165, 1.54) is 11.1 Å². The Kier molecular flexibility index (Phi) is 8.11. The Morgan fingerprint density at radius 3 is 2.79 bits per heavy atom. The highest BCUT2D eigenvalue weighted by Gasteiger charge is 2.25. The zero-order valence-corrected chi connectivity index (χ0v) is 24.0. The Balaban J connectivity index is 1.42. The molecule has 0 aliphatic carbocycles. The summed E-state index contributed by atoms with van der Waals surface area (Å²) >= 11 is 6.43. The summed E-state index contributed by atoms with van der Waals surface area (Å²) in [5.41, 5.74) is 6.36. The first-order valence-corrected chi connectivity index (χ1v) is 15.2. The number of anilines is 3. The van der Waals surface area contributed by atoms with Crippen LogP contribution in [-0.2, 0) is 22.8 Å². The molecule has 0 saturated heterocycles. The van der Waals surface area contributed by atoms with Crippen molar-refractivity contribution in [3.8, 4) is 5.75 Å². The quantitative estimate of drug-likeness (QED) is 0.319. The minimum Gasteiger partial charge on any atom is -0.493 e. The Morgan fingerprint density at radius 1 is 1.21 bits per heavy atom. The van der Waals surface area contributed by atoms with Gasteiger partial charge in [-0.3, -0.25) is 0 Å². The van der Waals surface area contributed by atoms with E-state index in [-0.39, 0.29) is 6.54 Å². The standard InChI is InChI=1S/C29H34ClN5O3S/c1-18(2)39(36,37)25-9-5-4-7-21(25)16-32-28-23(30)17-33-29(35-28)34-24-15-19(3)26(20-10-12-31-13-11-20)27-22(24)8-6-14-38-27/h4-5,7,9-10,15,17-18,31H,6,8,11-14,16H2,1-3H3,(H2,32,33,34,35). The van der Waals surface area contributed by atoms with Gasteiger partial charge in [0.25, 0.3) is 0 Å². The number of hydrogen-bond donors (Lipinski definition) is 3. The van der Waals surface area contributed by atoms with Crippen LogP contribution in [0.5, 0.6) is 5.75 Å². The van der Waals surface area contributed by atoms with Gasteiger partial charge in [-0.2, -0.15) is 4.98 Å². The van der Waals surface area contributed by atoms with Crippen LogP contribution in [0.25, 0.3) is 5.57 Å². The number of fused-ring (bicyclic) bond motifs is 1. The van der Waals surface area contributed by atoms with Gasteiger partial charge in [-0.05, 0) is 75.4 Å². The lowest BCUT2D eigenvalue weighted by molar-refractivity contribution is 0.287. The minimum absolute atomic E-state index is 0.249. The second kappa shape index (κ2) is 11.5. The van der Waals surface area contributed by atoms with Gasteiger partial charge < -0.3 is 20.7 Å². The minimum atomic E-state index is -3.43. The molecule has 0 unspecified atom stereocenters. The first-order chi connectivity index (χ1) is 18.8. The monoisotopic (exact) mass is 567 g/mol. The summed E-state index contributed by atoms with van der Waals surface area (Å²) in [4.78, 5) is 9.34. The predicted molar refractivity (Wildman–Crippen MR) is 157 cm³/mol. The number of nitrogens with one attached hydrogen (secondary N) is 3. The second-order valence-electron chi connectivity index (χ2n) is 10.1. The molecule has 5 rings (SSSR count). The molecule has 0 atom stereocenters. The molecule has 3 N–H and O–H groups in total. The first kappa shape index (κ1) is 27.4. The molecule has 0 spiro atoms. The Morgan fingerprint density at radius 2 is 2.03 bits per heavy atom. The normalized spacial score (nSPS) is 15.4. The molecule has 0 fully saturated rings. The largest absolute Gasteiger partial charge is 0.493 e. The van der Waals surface area contributed by atoms with E-state index in [1.54, 1.807) is 38.2 Å². The molecule has 0 saturated carbocycles. The van der Waals surface area contributed by atoms with Crippen LogP contribution in [0.15, 0.2) is 47.5 Å². The number of hydrogen-bond acceptors (Lipinski definition) is 8. The van der Waals surface area contributed by atoms with Crippen LogP contribution in [0.4, 0.5) is 17.5 Å². The predicted octanol–water partition coefficient (Wildman–Crippen LogP) is 5.68. The SMILES string of the molecule is Cc1cc(Nc2ncc(Cl)c(NCc3ccccc3S(=O)(=O)C(C)C)n2)c2c(c1C1=CCNCC1)OCCC2. The molecule has 0 radical (unpaired) electrons. The molecule has 1 aromatic heterocycles. The Bertz CT molecular complexity index is 1520. The van der Waals surface area contributed by atoms with Gasteiger partial charge in [0.15, 0.2) is 15.7 Å². The maximum Gasteiger partial charge on any atom is 0.229 e. The molecule has 39 heavy (non-hydrogen) atoms.